The Morgan fingerprint density at radius 3 is 2.95 bits per heavy atom. The molecule has 1 aliphatic rings. The number of methoxy groups -OCH3 is 1. The Morgan fingerprint density at radius 1 is 1.45 bits per heavy atom. The van der Waals surface area contributed by atoms with E-state index in [1.54, 1.807) is 13.2 Å². The van der Waals surface area contributed by atoms with E-state index in [2.05, 4.69) is 13.8 Å². The fraction of sp³-hybridized carbons (Fsp3) is 0.562. The molecule has 0 spiro atoms. The van der Waals surface area contributed by atoms with Gasteiger partial charge in [0.25, 0.3) is 5.91 Å². The van der Waals surface area contributed by atoms with Crippen molar-refractivity contribution in [3.05, 3.63) is 29.8 Å². The highest BCUT2D eigenvalue weighted by molar-refractivity contribution is 5.94. The maximum absolute atomic E-state index is 12.6. The third kappa shape index (κ3) is 3.51. The Kier molecular flexibility index (Phi) is 5.01. The first kappa shape index (κ1) is 14.9. The molecule has 2 rings (SSSR count). The summed E-state index contributed by atoms with van der Waals surface area (Å²) in [5.74, 6) is 1.18. The lowest BCUT2D eigenvalue weighted by molar-refractivity contribution is 0.0222. The highest BCUT2D eigenvalue weighted by atomic mass is 16.5. The van der Waals surface area contributed by atoms with Gasteiger partial charge in [0.2, 0.25) is 0 Å². The van der Waals surface area contributed by atoms with E-state index >= 15 is 0 Å². The molecular weight excluding hydrogens is 254 g/mol. The van der Waals surface area contributed by atoms with Gasteiger partial charge in [-0.15, -0.1) is 0 Å². The van der Waals surface area contributed by atoms with Gasteiger partial charge in [-0.1, -0.05) is 19.9 Å². The van der Waals surface area contributed by atoms with Crippen LogP contribution in [0.5, 0.6) is 5.75 Å². The van der Waals surface area contributed by atoms with Crippen molar-refractivity contribution in [1.29, 1.82) is 0 Å². The van der Waals surface area contributed by atoms with E-state index in [-0.39, 0.29) is 12.0 Å². The van der Waals surface area contributed by atoms with Crippen LogP contribution in [-0.2, 0) is 4.74 Å². The summed E-state index contributed by atoms with van der Waals surface area (Å²) in [5.41, 5.74) is 0.675. The molecule has 1 unspecified atom stereocenters. The van der Waals surface area contributed by atoms with Gasteiger partial charge in [0.1, 0.15) is 5.75 Å². The van der Waals surface area contributed by atoms with E-state index in [4.69, 9.17) is 9.47 Å². The van der Waals surface area contributed by atoms with Crippen LogP contribution in [0.3, 0.4) is 0 Å². The summed E-state index contributed by atoms with van der Waals surface area (Å²) >= 11 is 0. The van der Waals surface area contributed by atoms with Crippen molar-refractivity contribution in [2.24, 2.45) is 5.92 Å². The molecule has 0 aromatic heterocycles. The van der Waals surface area contributed by atoms with Crippen LogP contribution in [0.4, 0.5) is 0 Å². The average molecular weight is 277 g/mol. The lowest BCUT2D eigenvalue weighted by Crippen LogP contribution is -2.38. The SMILES string of the molecule is COc1cccc(C(=O)N2CCCOC(C(C)C)C2)c1. The van der Waals surface area contributed by atoms with E-state index < -0.39 is 0 Å². The maximum atomic E-state index is 12.6. The van der Waals surface area contributed by atoms with Crippen LogP contribution in [0.1, 0.15) is 30.6 Å². The Labute approximate surface area is 120 Å². The van der Waals surface area contributed by atoms with Gasteiger partial charge in [0.15, 0.2) is 0 Å². The van der Waals surface area contributed by atoms with Crippen molar-refractivity contribution in [2.75, 3.05) is 26.8 Å². The lowest BCUT2D eigenvalue weighted by Gasteiger charge is -2.26. The zero-order chi connectivity index (χ0) is 14.5. The summed E-state index contributed by atoms with van der Waals surface area (Å²) in [4.78, 5) is 14.5. The molecule has 1 amide bonds. The summed E-state index contributed by atoms with van der Waals surface area (Å²) < 4.78 is 11.0. The normalized spacial score (nSPS) is 19.8. The Bertz CT molecular complexity index is 459. The van der Waals surface area contributed by atoms with Crippen molar-refractivity contribution < 1.29 is 14.3 Å². The van der Waals surface area contributed by atoms with Crippen molar-refractivity contribution in [3.63, 3.8) is 0 Å². The predicted octanol–water partition coefficient (Wildman–Crippen LogP) is 2.58. The van der Waals surface area contributed by atoms with Gasteiger partial charge >= 0.3 is 0 Å². The molecule has 0 saturated carbocycles. The van der Waals surface area contributed by atoms with Gasteiger partial charge in [0.05, 0.1) is 13.2 Å². The first-order chi connectivity index (χ1) is 9.61. The Balaban J connectivity index is 2.13. The summed E-state index contributed by atoms with van der Waals surface area (Å²) in [6, 6.07) is 7.32. The molecule has 0 N–H and O–H groups in total. The van der Waals surface area contributed by atoms with E-state index in [1.165, 1.54) is 0 Å². The number of hydrogen-bond donors (Lipinski definition) is 0. The molecule has 1 atom stereocenters. The van der Waals surface area contributed by atoms with E-state index in [9.17, 15) is 4.79 Å². The van der Waals surface area contributed by atoms with Gasteiger partial charge in [-0.2, -0.15) is 0 Å². The van der Waals surface area contributed by atoms with Gasteiger partial charge in [-0.05, 0) is 30.5 Å². The predicted molar refractivity (Wildman–Crippen MR) is 78.1 cm³/mol. The third-order valence-corrected chi connectivity index (χ3v) is 3.65. The molecule has 1 fully saturated rings. The molecule has 4 nitrogen and oxygen atoms in total. The number of carbonyl (C=O) groups excluding carboxylic acids is 1. The van der Waals surface area contributed by atoms with Gasteiger partial charge < -0.3 is 14.4 Å². The van der Waals surface area contributed by atoms with Crippen molar-refractivity contribution in [3.8, 4) is 5.75 Å². The number of hydrogen-bond acceptors (Lipinski definition) is 3. The fourth-order valence-electron chi connectivity index (χ4n) is 2.38. The van der Waals surface area contributed by atoms with Gasteiger partial charge in [-0.25, -0.2) is 0 Å². The molecule has 1 saturated heterocycles. The number of ether oxygens (including phenoxy) is 2. The van der Waals surface area contributed by atoms with Gasteiger partial charge in [-0.3, -0.25) is 4.79 Å². The minimum atomic E-state index is 0.0556. The van der Waals surface area contributed by atoms with Gasteiger partial charge in [0, 0.05) is 25.3 Å². The molecule has 1 aromatic carbocycles. The maximum Gasteiger partial charge on any atom is 0.254 e. The number of carbonyl (C=O) groups is 1. The van der Waals surface area contributed by atoms with Crippen LogP contribution in [-0.4, -0.2) is 43.7 Å². The topological polar surface area (TPSA) is 38.8 Å². The monoisotopic (exact) mass is 277 g/mol. The third-order valence-electron chi connectivity index (χ3n) is 3.65. The number of nitrogens with zero attached hydrogens (tertiary/aromatic N) is 1. The quantitative estimate of drug-likeness (QED) is 0.852. The number of rotatable bonds is 3. The highest BCUT2D eigenvalue weighted by Gasteiger charge is 2.25. The van der Waals surface area contributed by atoms with Crippen LogP contribution in [0.2, 0.25) is 0 Å². The van der Waals surface area contributed by atoms with Crippen molar-refractivity contribution >= 4 is 5.91 Å². The standard InChI is InChI=1S/C16H23NO3/c1-12(2)15-11-17(8-5-9-20-15)16(18)13-6-4-7-14(10-13)19-3/h4,6-7,10,12,15H,5,8-9,11H2,1-3H3. The first-order valence-corrected chi connectivity index (χ1v) is 7.16. The molecule has 1 heterocycles. The molecule has 4 heteroatoms. The second kappa shape index (κ2) is 6.75. The van der Waals surface area contributed by atoms with Crippen LogP contribution >= 0.6 is 0 Å². The molecule has 110 valence electrons. The number of benzene rings is 1. The van der Waals surface area contributed by atoms with Crippen LogP contribution in [0, 0.1) is 5.92 Å². The molecule has 1 aromatic rings. The second-order valence-corrected chi connectivity index (χ2v) is 5.49. The van der Waals surface area contributed by atoms with E-state index in [1.807, 2.05) is 23.1 Å². The molecule has 20 heavy (non-hydrogen) atoms. The highest BCUT2D eigenvalue weighted by Crippen LogP contribution is 2.18. The smallest absolute Gasteiger partial charge is 0.254 e. The minimum Gasteiger partial charge on any atom is -0.497 e. The Morgan fingerprint density at radius 2 is 2.25 bits per heavy atom. The summed E-state index contributed by atoms with van der Waals surface area (Å²) in [7, 11) is 1.61. The van der Waals surface area contributed by atoms with E-state index in [0.717, 1.165) is 19.6 Å². The zero-order valence-corrected chi connectivity index (χ0v) is 12.5. The van der Waals surface area contributed by atoms with Crippen LogP contribution in [0.25, 0.3) is 0 Å². The summed E-state index contributed by atoms with van der Waals surface area (Å²) in [6.45, 7) is 6.39. The van der Waals surface area contributed by atoms with Crippen LogP contribution < -0.4 is 4.74 Å². The lowest BCUT2D eigenvalue weighted by atomic mass is 10.1. The molecule has 0 aliphatic carbocycles. The summed E-state index contributed by atoms with van der Waals surface area (Å²) in [6.07, 6.45) is 1.01. The molecule has 1 aliphatic heterocycles. The summed E-state index contributed by atoms with van der Waals surface area (Å²) in [5, 5.41) is 0. The fourth-order valence-corrected chi connectivity index (χ4v) is 2.38. The molecule has 0 radical (unpaired) electrons. The van der Waals surface area contributed by atoms with Crippen molar-refractivity contribution in [1.82, 2.24) is 4.90 Å². The molecular formula is C16H23NO3. The Hall–Kier alpha value is -1.55. The average Bonchev–Trinajstić information content (AvgIpc) is 2.72. The second-order valence-electron chi connectivity index (χ2n) is 5.49. The zero-order valence-electron chi connectivity index (χ0n) is 12.5. The first-order valence-electron chi connectivity index (χ1n) is 7.16. The van der Waals surface area contributed by atoms with E-state index in [0.29, 0.717) is 23.8 Å². The van der Waals surface area contributed by atoms with Crippen molar-refractivity contribution in [2.45, 2.75) is 26.4 Å². The van der Waals surface area contributed by atoms with Crippen LogP contribution in [0.15, 0.2) is 24.3 Å². The molecule has 0 bridgehead atoms. The number of amides is 1. The largest absolute Gasteiger partial charge is 0.497 e. The minimum absolute atomic E-state index is 0.0556.